The SMILES string of the molecule is CC.CN1CC=C(F)[C@](C)(CO)C1. The smallest absolute Gasteiger partial charge is 0.107 e. The molecule has 1 atom stereocenters. The molecular formula is C10H20FNO. The van der Waals surface area contributed by atoms with Gasteiger partial charge in [-0.1, -0.05) is 13.8 Å². The van der Waals surface area contributed by atoms with E-state index in [1.807, 2.05) is 25.8 Å². The van der Waals surface area contributed by atoms with E-state index in [2.05, 4.69) is 0 Å². The van der Waals surface area contributed by atoms with E-state index in [1.54, 1.807) is 6.92 Å². The Morgan fingerprint density at radius 3 is 2.54 bits per heavy atom. The van der Waals surface area contributed by atoms with Gasteiger partial charge in [0, 0.05) is 13.1 Å². The summed E-state index contributed by atoms with van der Waals surface area (Å²) in [5, 5.41) is 8.93. The first-order valence-electron chi connectivity index (χ1n) is 4.74. The van der Waals surface area contributed by atoms with E-state index >= 15 is 0 Å². The maximum atomic E-state index is 13.1. The molecule has 1 aliphatic rings. The van der Waals surface area contributed by atoms with Crippen LogP contribution >= 0.6 is 0 Å². The van der Waals surface area contributed by atoms with Gasteiger partial charge in [0.05, 0.1) is 12.0 Å². The molecule has 2 nitrogen and oxygen atoms in total. The van der Waals surface area contributed by atoms with E-state index in [0.717, 1.165) is 0 Å². The third-order valence-electron chi connectivity index (χ3n) is 2.13. The van der Waals surface area contributed by atoms with E-state index < -0.39 is 5.41 Å². The Balaban J connectivity index is 0.000000671. The third kappa shape index (κ3) is 3.08. The van der Waals surface area contributed by atoms with E-state index in [-0.39, 0.29) is 12.4 Å². The molecule has 0 aliphatic carbocycles. The van der Waals surface area contributed by atoms with Crippen LogP contribution in [0.3, 0.4) is 0 Å². The van der Waals surface area contributed by atoms with Gasteiger partial charge < -0.3 is 10.0 Å². The lowest BCUT2D eigenvalue weighted by atomic mass is 9.87. The minimum absolute atomic E-state index is 0.125. The van der Waals surface area contributed by atoms with Crippen LogP contribution in [0.5, 0.6) is 0 Å². The first kappa shape index (κ1) is 12.6. The molecule has 0 saturated carbocycles. The molecule has 1 heterocycles. The molecule has 13 heavy (non-hydrogen) atoms. The molecule has 0 radical (unpaired) electrons. The highest BCUT2D eigenvalue weighted by molar-refractivity contribution is 5.11. The number of aliphatic hydroxyl groups is 1. The standard InChI is InChI=1S/C8H14FNO.C2H6/c1-8(6-11)5-10(2)4-3-7(8)9;1-2/h3,11H,4-6H2,1-2H3;1-2H3/t8-;/m0./s1. The van der Waals surface area contributed by atoms with Gasteiger partial charge >= 0.3 is 0 Å². The molecular weight excluding hydrogens is 169 g/mol. The molecule has 0 aromatic rings. The van der Waals surface area contributed by atoms with Gasteiger partial charge in [-0.15, -0.1) is 0 Å². The van der Waals surface area contributed by atoms with Gasteiger partial charge in [0.1, 0.15) is 5.83 Å². The third-order valence-corrected chi connectivity index (χ3v) is 2.13. The Morgan fingerprint density at radius 1 is 1.62 bits per heavy atom. The summed E-state index contributed by atoms with van der Waals surface area (Å²) < 4.78 is 13.1. The van der Waals surface area contributed by atoms with Gasteiger partial charge in [0.2, 0.25) is 0 Å². The molecule has 0 unspecified atom stereocenters. The molecule has 0 spiro atoms. The second-order valence-electron chi connectivity index (χ2n) is 3.47. The van der Waals surface area contributed by atoms with Crippen LogP contribution in [-0.2, 0) is 0 Å². The molecule has 1 rings (SSSR count). The van der Waals surface area contributed by atoms with Crippen LogP contribution in [0.4, 0.5) is 4.39 Å². The monoisotopic (exact) mass is 189 g/mol. The second-order valence-corrected chi connectivity index (χ2v) is 3.47. The molecule has 1 aliphatic heterocycles. The Labute approximate surface area is 80.1 Å². The Morgan fingerprint density at radius 2 is 2.15 bits per heavy atom. The highest BCUT2D eigenvalue weighted by Crippen LogP contribution is 2.30. The topological polar surface area (TPSA) is 23.5 Å². The summed E-state index contributed by atoms with van der Waals surface area (Å²) in [6.45, 7) is 6.83. The number of rotatable bonds is 1. The van der Waals surface area contributed by atoms with E-state index in [4.69, 9.17) is 5.11 Å². The second kappa shape index (κ2) is 5.35. The van der Waals surface area contributed by atoms with Crippen LogP contribution in [0.15, 0.2) is 11.9 Å². The summed E-state index contributed by atoms with van der Waals surface area (Å²) in [4.78, 5) is 1.99. The van der Waals surface area contributed by atoms with Crippen molar-refractivity contribution < 1.29 is 9.50 Å². The number of nitrogens with zero attached hydrogens (tertiary/aromatic N) is 1. The Bertz CT molecular complexity index is 182. The minimum atomic E-state index is -0.674. The highest BCUT2D eigenvalue weighted by Gasteiger charge is 2.32. The van der Waals surface area contributed by atoms with Gasteiger partial charge in [-0.2, -0.15) is 0 Å². The number of aliphatic hydroxyl groups excluding tert-OH is 1. The molecule has 0 aromatic carbocycles. The van der Waals surface area contributed by atoms with Crippen molar-refractivity contribution in [3.05, 3.63) is 11.9 Å². The van der Waals surface area contributed by atoms with Crippen molar-refractivity contribution in [1.82, 2.24) is 4.90 Å². The summed E-state index contributed by atoms with van der Waals surface area (Å²) in [5.74, 6) is -0.182. The van der Waals surface area contributed by atoms with Gasteiger partial charge in [0.25, 0.3) is 0 Å². The van der Waals surface area contributed by atoms with Crippen LogP contribution in [0.1, 0.15) is 20.8 Å². The van der Waals surface area contributed by atoms with Crippen molar-refractivity contribution in [1.29, 1.82) is 0 Å². The van der Waals surface area contributed by atoms with Gasteiger partial charge in [-0.3, -0.25) is 0 Å². The number of hydrogen-bond donors (Lipinski definition) is 1. The molecule has 0 bridgehead atoms. The normalized spacial score (nSPS) is 28.9. The zero-order chi connectivity index (χ0) is 10.5. The zero-order valence-electron chi connectivity index (χ0n) is 8.97. The van der Waals surface area contributed by atoms with Crippen molar-refractivity contribution in [2.24, 2.45) is 5.41 Å². The average Bonchev–Trinajstić information content (AvgIpc) is 2.15. The van der Waals surface area contributed by atoms with Crippen LogP contribution in [0, 0.1) is 5.41 Å². The van der Waals surface area contributed by atoms with Crippen LogP contribution in [0.2, 0.25) is 0 Å². The van der Waals surface area contributed by atoms with Gasteiger partial charge in [0.15, 0.2) is 0 Å². The molecule has 0 fully saturated rings. The van der Waals surface area contributed by atoms with E-state index in [9.17, 15) is 4.39 Å². The quantitative estimate of drug-likeness (QED) is 0.680. The van der Waals surface area contributed by atoms with Crippen LogP contribution < -0.4 is 0 Å². The fourth-order valence-corrected chi connectivity index (χ4v) is 1.34. The number of likely N-dealkylation sites (N-methyl/N-ethyl adjacent to an activating group) is 1. The maximum absolute atomic E-state index is 13.1. The van der Waals surface area contributed by atoms with Crippen molar-refractivity contribution >= 4 is 0 Å². The summed E-state index contributed by atoms with van der Waals surface area (Å²) in [6, 6.07) is 0. The fraction of sp³-hybridized carbons (Fsp3) is 0.800. The zero-order valence-corrected chi connectivity index (χ0v) is 8.97. The molecule has 1 N–H and O–H groups in total. The largest absolute Gasteiger partial charge is 0.395 e. The number of hydrogen-bond acceptors (Lipinski definition) is 2. The van der Waals surface area contributed by atoms with Gasteiger partial charge in [-0.25, -0.2) is 4.39 Å². The maximum Gasteiger partial charge on any atom is 0.107 e. The molecule has 3 heteroatoms. The average molecular weight is 189 g/mol. The van der Waals surface area contributed by atoms with Crippen molar-refractivity contribution in [3.63, 3.8) is 0 Å². The molecule has 78 valence electrons. The lowest BCUT2D eigenvalue weighted by Crippen LogP contribution is -2.40. The summed E-state index contributed by atoms with van der Waals surface area (Å²) in [5.41, 5.74) is -0.674. The molecule has 0 amide bonds. The molecule has 0 saturated heterocycles. The fourth-order valence-electron chi connectivity index (χ4n) is 1.34. The Kier molecular flexibility index (Phi) is 5.18. The lowest BCUT2D eigenvalue weighted by Gasteiger charge is -2.34. The summed E-state index contributed by atoms with van der Waals surface area (Å²) in [6.07, 6.45) is 1.53. The predicted molar refractivity (Wildman–Crippen MR) is 53.2 cm³/mol. The van der Waals surface area contributed by atoms with Crippen molar-refractivity contribution in [2.45, 2.75) is 20.8 Å². The summed E-state index contributed by atoms with van der Waals surface area (Å²) in [7, 11) is 1.91. The van der Waals surface area contributed by atoms with Crippen LogP contribution in [0.25, 0.3) is 0 Å². The van der Waals surface area contributed by atoms with Crippen molar-refractivity contribution in [3.8, 4) is 0 Å². The first-order chi connectivity index (χ1) is 6.08. The van der Waals surface area contributed by atoms with Crippen LogP contribution in [-0.4, -0.2) is 36.8 Å². The lowest BCUT2D eigenvalue weighted by molar-refractivity contribution is 0.101. The van der Waals surface area contributed by atoms with Crippen molar-refractivity contribution in [2.75, 3.05) is 26.7 Å². The van der Waals surface area contributed by atoms with E-state index in [0.29, 0.717) is 13.1 Å². The first-order valence-corrected chi connectivity index (χ1v) is 4.74. The summed E-state index contributed by atoms with van der Waals surface area (Å²) >= 11 is 0. The number of halogens is 1. The predicted octanol–water partition coefficient (Wildman–Crippen LogP) is 1.81. The minimum Gasteiger partial charge on any atom is -0.395 e. The highest BCUT2D eigenvalue weighted by atomic mass is 19.1. The molecule has 0 aromatic heterocycles. The van der Waals surface area contributed by atoms with E-state index in [1.165, 1.54) is 6.08 Å². The Hall–Kier alpha value is -0.410. The van der Waals surface area contributed by atoms with Gasteiger partial charge in [-0.05, 0) is 20.0 Å².